The summed E-state index contributed by atoms with van der Waals surface area (Å²) in [5.41, 5.74) is 0.470. The monoisotopic (exact) mass is 282 g/mol. The Labute approximate surface area is 118 Å². The molecule has 0 aromatic heterocycles. The van der Waals surface area contributed by atoms with Crippen LogP contribution in [0.5, 0.6) is 5.75 Å². The first-order chi connectivity index (χ1) is 8.88. The highest BCUT2D eigenvalue weighted by Gasteiger charge is 2.45. The molecule has 104 valence electrons. The molecule has 0 bridgehead atoms. The van der Waals surface area contributed by atoms with Crippen LogP contribution >= 0.6 is 11.6 Å². The molecule has 1 aromatic rings. The minimum absolute atomic E-state index is 0.0737. The average Bonchev–Trinajstić information content (AvgIpc) is 2.82. The summed E-state index contributed by atoms with van der Waals surface area (Å²) in [4.78, 5) is 11.7. The van der Waals surface area contributed by atoms with Gasteiger partial charge in [0.05, 0.1) is 10.4 Å². The number of hydrogen-bond acceptors (Lipinski definition) is 2. The number of carboxylic acids is 1. The van der Waals surface area contributed by atoms with Crippen molar-refractivity contribution in [3.8, 4) is 5.75 Å². The Morgan fingerprint density at radius 3 is 2.37 bits per heavy atom. The van der Waals surface area contributed by atoms with Gasteiger partial charge in [0.2, 0.25) is 0 Å². The molecule has 1 aliphatic carbocycles. The number of aliphatic carboxylic acids is 1. The molecule has 0 spiro atoms. The molecule has 3 nitrogen and oxygen atoms in total. The zero-order chi connectivity index (χ0) is 14.2. The van der Waals surface area contributed by atoms with Gasteiger partial charge in [0, 0.05) is 5.56 Å². The highest BCUT2D eigenvalue weighted by molar-refractivity contribution is 6.32. The summed E-state index contributed by atoms with van der Waals surface area (Å²) in [6, 6.07) is 3.53. The van der Waals surface area contributed by atoms with E-state index < -0.39 is 11.4 Å². The zero-order valence-corrected chi connectivity index (χ0v) is 12.0. The molecule has 0 atom stereocenters. The molecule has 19 heavy (non-hydrogen) atoms. The second-order valence-electron chi connectivity index (χ2n) is 5.65. The first kappa shape index (κ1) is 14.2. The van der Waals surface area contributed by atoms with Gasteiger partial charge in [-0.3, -0.25) is 4.79 Å². The summed E-state index contributed by atoms with van der Waals surface area (Å²) in [7, 11) is 0. The van der Waals surface area contributed by atoms with Crippen LogP contribution in [0.4, 0.5) is 0 Å². The lowest BCUT2D eigenvalue weighted by Crippen LogP contribution is -2.32. The van der Waals surface area contributed by atoms with Gasteiger partial charge in [0.15, 0.2) is 0 Å². The standard InChI is InChI=1S/C15H19ClO3/c1-9(2)10-7-11(13(17)12(16)8-10)15(14(18)19)5-3-4-6-15/h7-9,17H,3-6H2,1-2H3,(H,18,19). The fourth-order valence-corrected chi connectivity index (χ4v) is 3.12. The summed E-state index contributed by atoms with van der Waals surface area (Å²) >= 11 is 6.07. The number of phenols is 1. The van der Waals surface area contributed by atoms with Gasteiger partial charge in [0.25, 0.3) is 0 Å². The highest BCUT2D eigenvalue weighted by atomic mass is 35.5. The molecule has 0 unspecified atom stereocenters. The number of aromatic hydroxyl groups is 1. The third-order valence-corrected chi connectivity index (χ3v) is 4.42. The first-order valence-electron chi connectivity index (χ1n) is 6.65. The lowest BCUT2D eigenvalue weighted by atomic mass is 9.77. The van der Waals surface area contributed by atoms with Gasteiger partial charge >= 0.3 is 5.97 Å². The molecular weight excluding hydrogens is 264 g/mol. The molecule has 4 heteroatoms. The first-order valence-corrected chi connectivity index (χ1v) is 7.02. The zero-order valence-electron chi connectivity index (χ0n) is 11.2. The summed E-state index contributed by atoms with van der Waals surface area (Å²) in [5, 5.41) is 20.0. The van der Waals surface area contributed by atoms with Crippen LogP contribution < -0.4 is 0 Å². The molecule has 1 saturated carbocycles. The highest BCUT2D eigenvalue weighted by Crippen LogP contribution is 2.47. The van der Waals surface area contributed by atoms with Crippen molar-refractivity contribution in [2.24, 2.45) is 0 Å². The van der Waals surface area contributed by atoms with Crippen molar-refractivity contribution in [2.45, 2.75) is 50.9 Å². The van der Waals surface area contributed by atoms with Crippen LogP contribution in [0.3, 0.4) is 0 Å². The fourth-order valence-electron chi connectivity index (χ4n) is 2.90. The SMILES string of the molecule is CC(C)c1cc(Cl)c(O)c(C2(C(=O)O)CCCC2)c1. The number of halogens is 1. The van der Waals surface area contributed by atoms with Gasteiger partial charge < -0.3 is 10.2 Å². The Morgan fingerprint density at radius 1 is 1.32 bits per heavy atom. The minimum Gasteiger partial charge on any atom is -0.506 e. The Kier molecular flexibility index (Phi) is 3.77. The second-order valence-corrected chi connectivity index (χ2v) is 6.06. The van der Waals surface area contributed by atoms with Crippen LogP contribution in [0.15, 0.2) is 12.1 Å². The van der Waals surface area contributed by atoms with E-state index in [1.54, 1.807) is 6.07 Å². The summed E-state index contributed by atoms with van der Waals surface area (Å²) in [6.07, 6.45) is 2.87. The van der Waals surface area contributed by atoms with E-state index >= 15 is 0 Å². The molecule has 0 saturated heterocycles. The van der Waals surface area contributed by atoms with Crippen LogP contribution in [0, 0.1) is 0 Å². The predicted octanol–water partition coefficient (Wildman–Crippen LogP) is 4.07. The van der Waals surface area contributed by atoms with Gasteiger partial charge in [-0.25, -0.2) is 0 Å². The third-order valence-electron chi connectivity index (χ3n) is 4.13. The van der Waals surface area contributed by atoms with Gasteiger partial charge in [-0.2, -0.15) is 0 Å². The van der Waals surface area contributed by atoms with Gasteiger partial charge in [0.1, 0.15) is 5.75 Å². The molecule has 2 N–H and O–H groups in total. The summed E-state index contributed by atoms with van der Waals surface area (Å²) in [6.45, 7) is 4.04. The van der Waals surface area contributed by atoms with Gasteiger partial charge in [-0.15, -0.1) is 0 Å². The summed E-state index contributed by atoms with van der Waals surface area (Å²) in [5.74, 6) is -0.697. The normalized spacial score (nSPS) is 17.9. The molecule has 0 heterocycles. The van der Waals surface area contributed by atoms with Gasteiger partial charge in [-0.1, -0.05) is 44.4 Å². The molecule has 1 aliphatic rings. The molecule has 1 aromatic carbocycles. The Bertz CT molecular complexity index is 502. The number of carbonyl (C=O) groups is 1. The lowest BCUT2D eigenvalue weighted by molar-refractivity contribution is -0.143. The quantitative estimate of drug-likeness (QED) is 0.879. The van der Waals surface area contributed by atoms with Crippen LogP contribution in [-0.4, -0.2) is 16.2 Å². The van der Waals surface area contributed by atoms with Crippen LogP contribution in [0.1, 0.15) is 56.6 Å². The number of carboxylic acid groups (broad SMARTS) is 1. The van der Waals surface area contributed by atoms with E-state index in [-0.39, 0.29) is 16.7 Å². The Morgan fingerprint density at radius 2 is 1.89 bits per heavy atom. The van der Waals surface area contributed by atoms with Crippen molar-refractivity contribution >= 4 is 17.6 Å². The lowest BCUT2D eigenvalue weighted by Gasteiger charge is -2.26. The van der Waals surface area contributed by atoms with Crippen LogP contribution in [0.25, 0.3) is 0 Å². The van der Waals surface area contributed by atoms with E-state index in [1.165, 1.54) is 0 Å². The van der Waals surface area contributed by atoms with Crippen molar-refractivity contribution in [1.82, 2.24) is 0 Å². The van der Waals surface area contributed by atoms with Crippen molar-refractivity contribution < 1.29 is 15.0 Å². The van der Waals surface area contributed by atoms with Gasteiger partial charge in [-0.05, 0) is 30.4 Å². The predicted molar refractivity (Wildman–Crippen MR) is 75.0 cm³/mol. The fraction of sp³-hybridized carbons (Fsp3) is 0.533. The largest absolute Gasteiger partial charge is 0.506 e. The van der Waals surface area contributed by atoms with E-state index in [2.05, 4.69) is 0 Å². The minimum atomic E-state index is -0.974. The van der Waals surface area contributed by atoms with Crippen molar-refractivity contribution in [1.29, 1.82) is 0 Å². The maximum Gasteiger partial charge on any atom is 0.314 e. The average molecular weight is 283 g/mol. The van der Waals surface area contributed by atoms with Crippen LogP contribution in [0.2, 0.25) is 5.02 Å². The number of rotatable bonds is 3. The third kappa shape index (κ3) is 2.32. The van der Waals surface area contributed by atoms with E-state index in [0.29, 0.717) is 18.4 Å². The molecule has 0 amide bonds. The van der Waals surface area contributed by atoms with E-state index in [1.807, 2.05) is 19.9 Å². The summed E-state index contributed by atoms with van der Waals surface area (Å²) < 4.78 is 0. The Balaban J connectivity index is 2.63. The van der Waals surface area contributed by atoms with E-state index in [9.17, 15) is 15.0 Å². The van der Waals surface area contributed by atoms with E-state index in [0.717, 1.165) is 18.4 Å². The smallest absolute Gasteiger partial charge is 0.314 e. The maximum absolute atomic E-state index is 11.7. The van der Waals surface area contributed by atoms with Crippen molar-refractivity contribution in [3.63, 3.8) is 0 Å². The Hall–Kier alpha value is -1.22. The van der Waals surface area contributed by atoms with E-state index in [4.69, 9.17) is 11.6 Å². The molecular formula is C15H19ClO3. The number of benzene rings is 1. The number of hydrogen-bond donors (Lipinski definition) is 2. The molecule has 2 rings (SSSR count). The van der Waals surface area contributed by atoms with Crippen LogP contribution in [-0.2, 0) is 10.2 Å². The molecule has 1 fully saturated rings. The topological polar surface area (TPSA) is 57.5 Å². The second kappa shape index (κ2) is 5.04. The maximum atomic E-state index is 11.7. The van der Waals surface area contributed by atoms with Crippen molar-refractivity contribution in [2.75, 3.05) is 0 Å². The molecule has 0 radical (unpaired) electrons. The molecule has 0 aliphatic heterocycles. The van der Waals surface area contributed by atoms with Crippen molar-refractivity contribution in [3.05, 3.63) is 28.3 Å². The number of phenolic OH excluding ortho intramolecular Hbond substituents is 1.